The van der Waals surface area contributed by atoms with Crippen LogP contribution in [0.2, 0.25) is 0 Å². The zero-order chi connectivity index (χ0) is 10.8. The average molecular weight is 200 g/mol. The van der Waals surface area contributed by atoms with Gasteiger partial charge in [-0.1, -0.05) is 13.8 Å². The highest BCUT2D eigenvalue weighted by atomic mass is 16.5. The highest BCUT2D eigenvalue weighted by Crippen LogP contribution is 2.31. The Bertz CT molecular complexity index is 178. The lowest BCUT2D eigenvalue weighted by atomic mass is 9.75. The largest absolute Gasteiger partial charge is 0.378 e. The molecule has 0 saturated carbocycles. The third kappa shape index (κ3) is 3.56. The Morgan fingerprint density at radius 3 is 2.43 bits per heavy atom. The first-order valence-corrected chi connectivity index (χ1v) is 5.41. The van der Waals surface area contributed by atoms with Crippen LogP contribution in [0.1, 0.15) is 34.1 Å². The molecule has 1 unspecified atom stereocenters. The van der Waals surface area contributed by atoms with Crippen LogP contribution in [0.25, 0.3) is 0 Å². The Balaban J connectivity index is 2.54. The SMILES string of the molecule is CC(C)(N)CC(C)(C)C1COCCN1. The Hall–Kier alpha value is -0.120. The predicted octanol–water partition coefficient (Wildman–Crippen LogP) is 1.13. The van der Waals surface area contributed by atoms with Crippen LogP contribution in [-0.2, 0) is 4.74 Å². The first kappa shape index (κ1) is 12.0. The van der Waals surface area contributed by atoms with Crippen molar-refractivity contribution in [3.8, 4) is 0 Å². The van der Waals surface area contributed by atoms with Gasteiger partial charge in [0.1, 0.15) is 0 Å². The van der Waals surface area contributed by atoms with Gasteiger partial charge in [-0.2, -0.15) is 0 Å². The van der Waals surface area contributed by atoms with Crippen LogP contribution in [0, 0.1) is 5.41 Å². The van der Waals surface area contributed by atoms with Crippen molar-refractivity contribution in [1.29, 1.82) is 0 Å². The van der Waals surface area contributed by atoms with Crippen LogP contribution in [0.4, 0.5) is 0 Å². The van der Waals surface area contributed by atoms with Crippen molar-refractivity contribution in [2.75, 3.05) is 19.8 Å². The Labute approximate surface area is 87.4 Å². The van der Waals surface area contributed by atoms with E-state index in [-0.39, 0.29) is 11.0 Å². The number of rotatable bonds is 3. The highest BCUT2D eigenvalue weighted by molar-refractivity contribution is 4.91. The van der Waals surface area contributed by atoms with E-state index in [0.717, 1.165) is 26.2 Å². The quantitative estimate of drug-likeness (QED) is 0.718. The van der Waals surface area contributed by atoms with Crippen molar-refractivity contribution in [3.63, 3.8) is 0 Å². The zero-order valence-corrected chi connectivity index (χ0v) is 9.89. The number of ether oxygens (including phenoxy) is 1. The van der Waals surface area contributed by atoms with Crippen LogP contribution in [-0.4, -0.2) is 31.3 Å². The van der Waals surface area contributed by atoms with Gasteiger partial charge in [-0.15, -0.1) is 0 Å². The minimum Gasteiger partial charge on any atom is -0.378 e. The van der Waals surface area contributed by atoms with Crippen molar-refractivity contribution >= 4 is 0 Å². The highest BCUT2D eigenvalue weighted by Gasteiger charge is 2.34. The van der Waals surface area contributed by atoms with E-state index in [9.17, 15) is 0 Å². The van der Waals surface area contributed by atoms with Gasteiger partial charge >= 0.3 is 0 Å². The molecular formula is C11H24N2O. The molecule has 1 heterocycles. The van der Waals surface area contributed by atoms with Crippen molar-refractivity contribution < 1.29 is 4.74 Å². The van der Waals surface area contributed by atoms with E-state index < -0.39 is 0 Å². The Morgan fingerprint density at radius 2 is 2.00 bits per heavy atom. The second kappa shape index (κ2) is 4.17. The summed E-state index contributed by atoms with van der Waals surface area (Å²) in [5.74, 6) is 0. The van der Waals surface area contributed by atoms with Crippen LogP contribution >= 0.6 is 0 Å². The monoisotopic (exact) mass is 200 g/mol. The molecule has 1 aliphatic rings. The molecule has 0 spiro atoms. The summed E-state index contributed by atoms with van der Waals surface area (Å²) in [4.78, 5) is 0. The molecule has 84 valence electrons. The average Bonchev–Trinajstić information content (AvgIpc) is 2.01. The maximum Gasteiger partial charge on any atom is 0.0625 e. The van der Waals surface area contributed by atoms with Crippen molar-refractivity contribution in [2.45, 2.75) is 45.7 Å². The number of nitrogens with two attached hydrogens (primary N) is 1. The van der Waals surface area contributed by atoms with Gasteiger partial charge in [-0.05, 0) is 25.7 Å². The molecule has 14 heavy (non-hydrogen) atoms. The summed E-state index contributed by atoms with van der Waals surface area (Å²) in [5, 5.41) is 3.50. The number of nitrogens with one attached hydrogen (secondary N) is 1. The Morgan fingerprint density at radius 1 is 1.36 bits per heavy atom. The van der Waals surface area contributed by atoms with E-state index in [4.69, 9.17) is 10.5 Å². The minimum absolute atomic E-state index is 0.109. The molecule has 0 bridgehead atoms. The summed E-state index contributed by atoms with van der Waals surface area (Å²) in [7, 11) is 0. The number of hydrogen-bond donors (Lipinski definition) is 2. The molecule has 1 atom stereocenters. The summed E-state index contributed by atoms with van der Waals surface area (Å²) in [6.07, 6.45) is 1.00. The summed E-state index contributed by atoms with van der Waals surface area (Å²) in [5.41, 5.74) is 6.14. The predicted molar refractivity (Wildman–Crippen MR) is 59.3 cm³/mol. The Kier molecular flexibility index (Phi) is 3.56. The van der Waals surface area contributed by atoms with E-state index in [1.54, 1.807) is 0 Å². The van der Waals surface area contributed by atoms with E-state index in [1.165, 1.54) is 0 Å². The third-order valence-corrected chi connectivity index (χ3v) is 2.78. The summed E-state index contributed by atoms with van der Waals surface area (Å²) >= 11 is 0. The molecule has 0 radical (unpaired) electrons. The lowest BCUT2D eigenvalue weighted by Gasteiger charge is -2.41. The lowest BCUT2D eigenvalue weighted by molar-refractivity contribution is 0.0245. The normalized spacial score (nSPS) is 25.1. The van der Waals surface area contributed by atoms with Gasteiger partial charge in [0.15, 0.2) is 0 Å². The first-order chi connectivity index (χ1) is 6.31. The fraction of sp³-hybridized carbons (Fsp3) is 1.00. The molecule has 1 rings (SSSR count). The standard InChI is InChI=1S/C11H24N2O/c1-10(2,8-11(3,4)12)9-7-14-6-5-13-9/h9,13H,5-8,12H2,1-4H3. The van der Waals surface area contributed by atoms with Crippen molar-refractivity contribution in [2.24, 2.45) is 11.1 Å². The maximum atomic E-state index is 6.06. The smallest absolute Gasteiger partial charge is 0.0625 e. The fourth-order valence-electron chi connectivity index (χ4n) is 2.36. The van der Waals surface area contributed by atoms with Gasteiger partial charge < -0.3 is 15.8 Å². The molecule has 0 amide bonds. The van der Waals surface area contributed by atoms with E-state index in [0.29, 0.717) is 6.04 Å². The van der Waals surface area contributed by atoms with E-state index >= 15 is 0 Å². The van der Waals surface area contributed by atoms with Crippen molar-refractivity contribution in [3.05, 3.63) is 0 Å². The van der Waals surface area contributed by atoms with Crippen LogP contribution in [0.5, 0.6) is 0 Å². The molecule has 0 aromatic carbocycles. The molecule has 1 fully saturated rings. The zero-order valence-electron chi connectivity index (χ0n) is 9.89. The summed E-state index contributed by atoms with van der Waals surface area (Å²) < 4.78 is 5.48. The molecular weight excluding hydrogens is 176 g/mol. The van der Waals surface area contributed by atoms with Crippen LogP contribution in [0.15, 0.2) is 0 Å². The topological polar surface area (TPSA) is 47.3 Å². The van der Waals surface area contributed by atoms with Crippen molar-refractivity contribution in [1.82, 2.24) is 5.32 Å². The molecule has 0 aromatic rings. The van der Waals surface area contributed by atoms with Gasteiger partial charge in [-0.3, -0.25) is 0 Å². The lowest BCUT2D eigenvalue weighted by Crippen LogP contribution is -2.53. The molecule has 0 aromatic heterocycles. The first-order valence-electron chi connectivity index (χ1n) is 5.41. The molecule has 3 N–H and O–H groups in total. The fourth-order valence-corrected chi connectivity index (χ4v) is 2.36. The van der Waals surface area contributed by atoms with Gasteiger partial charge in [0.05, 0.1) is 13.2 Å². The summed E-state index contributed by atoms with van der Waals surface area (Å²) in [6, 6.07) is 0.430. The molecule has 3 heteroatoms. The van der Waals surface area contributed by atoms with Crippen LogP contribution < -0.4 is 11.1 Å². The maximum absolute atomic E-state index is 6.06. The van der Waals surface area contributed by atoms with Gasteiger partial charge in [0.2, 0.25) is 0 Å². The molecule has 3 nitrogen and oxygen atoms in total. The van der Waals surface area contributed by atoms with Gasteiger partial charge in [-0.25, -0.2) is 0 Å². The molecule has 0 aliphatic carbocycles. The van der Waals surface area contributed by atoms with E-state index in [2.05, 4.69) is 33.0 Å². The minimum atomic E-state index is -0.109. The molecule has 1 aliphatic heterocycles. The van der Waals surface area contributed by atoms with Gasteiger partial charge in [0, 0.05) is 18.1 Å². The van der Waals surface area contributed by atoms with Gasteiger partial charge in [0.25, 0.3) is 0 Å². The number of hydrogen-bond acceptors (Lipinski definition) is 3. The second-order valence-electron chi connectivity index (χ2n) is 5.74. The second-order valence-corrected chi connectivity index (χ2v) is 5.74. The third-order valence-electron chi connectivity index (χ3n) is 2.78. The van der Waals surface area contributed by atoms with E-state index in [1.807, 2.05) is 0 Å². The van der Waals surface area contributed by atoms with Crippen LogP contribution in [0.3, 0.4) is 0 Å². The molecule has 1 saturated heterocycles. The number of morpholine rings is 1. The summed E-state index contributed by atoms with van der Waals surface area (Å²) in [6.45, 7) is 11.3.